The van der Waals surface area contributed by atoms with Crippen molar-refractivity contribution in [2.75, 3.05) is 0 Å². The molecule has 1 aromatic heterocycles. The second kappa shape index (κ2) is 2.49. The van der Waals surface area contributed by atoms with Crippen LogP contribution in [0.25, 0.3) is 0 Å². The van der Waals surface area contributed by atoms with Crippen molar-refractivity contribution >= 4 is 6.29 Å². The van der Waals surface area contributed by atoms with E-state index in [1.165, 1.54) is 12.5 Å². The Morgan fingerprint density at radius 1 is 1.58 bits per heavy atom. The Balaban J connectivity index is 2.41. The number of hydrogen-bond acceptors (Lipinski definition) is 4. The van der Waals surface area contributed by atoms with Gasteiger partial charge < -0.3 is 14.0 Å². The van der Waals surface area contributed by atoms with E-state index in [0.717, 1.165) is 6.29 Å². The van der Waals surface area contributed by atoms with Gasteiger partial charge >= 0.3 is 0 Å². The zero-order chi connectivity index (χ0) is 8.44. The number of carbonyl (C=O) groups is 1. The molecule has 4 heteroatoms. The maximum atomic E-state index is 10.8. The van der Waals surface area contributed by atoms with E-state index in [-0.39, 0.29) is 0 Å². The third-order valence-corrected chi connectivity index (χ3v) is 1.74. The van der Waals surface area contributed by atoms with Crippen LogP contribution in [-0.2, 0) is 15.2 Å². The highest BCUT2D eigenvalue weighted by molar-refractivity contribution is 5.70. The number of carbonyl (C=O) groups excluding carboxylic acids is 1. The average molecular weight is 165 g/mol. The monoisotopic (exact) mass is 165 g/mol. The topological polar surface area (TPSA) is 51.5 Å². The summed E-state index contributed by atoms with van der Waals surface area (Å²) in [6, 6.07) is 3.43. The molecule has 1 aromatic rings. The summed E-state index contributed by atoms with van der Waals surface area (Å²) >= 11 is 0. The van der Waals surface area contributed by atoms with Gasteiger partial charge in [0.25, 0.3) is 0 Å². The summed E-state index contributed by atoms with van der Waals surface area (Å²) < 4.78 is 5.09. The maximum Gasteiger partial charge on any atom is 0.187 e. The molecule has 1 atom stereocenters. The molecule has 0 radical (unpaired) electrons. The summed E-state index contributed by atoms with van der Waals surface area (Å²) in [6.07, 6.45) is 5.25. The van der Waals surface area contributed by atoms with Crippen LogP contribution in [0.1, 0.15) is 5.76 Å². The molecule has 1 unspecified atom stereocenters. The van der Waals surface area contributed by atoms with E-state index < -0.39 is 5.54 Å². The Morgan fingerprint density at radius 3 is 3.00 bits per heavy atom. The first-order chi connectivity index (χ1) is 5.87. The van der Waals surface area contributed by atoms with Crippen LogP contribution in [-0.4, -0.2) is 6.29 Å². The minimum Gasteiger partial charge on any atom is -0.466 e. The second-order valence-electron chi connectivity index (χ2n) is 2.49. The standard InChI is InChI=1S/C8H7NO3/c10-6-8(3-5-12-9-8)7-2-1-4-11-7/h1-6,9H. The molecule has 0 aliphatic carbocycles. The zero-order valence-electron chi connectivity index (χ0n) is 6.19. The average Bonchev–Trinajstić information content (AvgIpc) is 2.76. The van der Waals surface area contributed by atoms with Gasteiger partial charge in [-0.15, -0.1) is 5.48 Å². The van der Waals surface area contributed by atoms with E-state index in [1.54, 1.807) is 18.2 Å². The van der Waals surface area contributed by atoms with Crippen LogP contribution in [0, 0.1) is 0 Å². The number of rotatable bonds is 2. The summed E-state index contributed by atoms with van der Waals surface area (Å²) in [6.45, 7) is 0. The van der Waals surface area contributed by atoms with Crippen molar-refractivity contribution in [3.05, 3.63) is 36.5 Å². The summed E-state index contributed by atoms with van der Waals surface area (Å²) in [7, 11) is 0. The Morgan fingerprint density at radius 2 is 2.50 bits per heavy atom. The van der Waals surface area contributed by atoms with Crippen LogP contribution in [0.2, 0.25) is 0 Å². The molecule has 1 N–H and O–H groups in total. The van der Waals surface area contributed by atoms with E-state index in [2.05, 4.69) is 5.48 Å². The molecule has 4 nitrogen and oxygen atoms in total. The molecule has 2 heterocycles. The molecule has 12 heavy (non-hydrogen) atoms. The lowest BCUT2D eigenvalue weighted by molar-refractivity contribution is -0.115. The van der Waals surface area contributed by atoms with Crippen LogP contribution < -0.4 is 5.48 Å². The third kappa shape index (κ3) is 0.853. The van der Waals surface area contributed by atoms with Gasteiger partial charge in [0.05, 0.1) is 6.26 Å². The molecular formula is C8H7NO3. The number of nitrogens with one attached hydrogen (secondary N) is 1. The lowest BCUT2D eigenvalue weighted by Gasteiger charge is -2.15. The van der Waals surface area contributed by atoms with Gasteiger partial charge in [0.1, 0.15) is 12.0 Å². The van der Waals surface area contributed by atoms with Gasteiger partial charge in [0.15, 0.2) is 11.8 Å². The van der Waals surface area contributed by atoms with Gasteiger partial charge in [0, 0.05) is 0 Å². The first-order valence-electron chi connectivity index (χ1n) is 3.48. The quantitative estimate of drug-likeness (QED) is 0.656. The zero-order valence-corrected chi connectivity index (χ0v) is 6.19. The van der Waals surface area contributed by atoms with Gasteiger partial charge in [-0.05, 0) is 18.2 Å². The van der Waals surface area contributed by atoms with Gasteiger partial charge in [-0.25, -0.2) is 0 Å². The van der Waals surface area contributed by atoms with E-state index in [1.807, 2.05) is 0 Å². The first kappa shape index (κ1) is 7.12. The van der Waals surface area contributed by atoms with E-state index in [0.29, 0.717) is 5.76 Å². The van der Waals surface area contributed by atoms with Crippen molar-refractivity contribution in [1.29, 1.82) is 0 Å². The van der Waals surface area contributed by atoms with Crippen LogP contribution in [0.4, 0.5) is 0 Å². The van der Waals surface area contributed by atoms with Crippen molar-refractivity contribution in [1.82, 2.24) is 5.48 Å². The van der Waals surface area contributed by atoms with Crippen molar-refractivity contribution in [2.45, 2.75) is 5.54 Å². The summed E-state index contributed by atoms with van der Waals surface area (Å²) in [5.41, 5.74) is 1.61. The fraction of sp³-hybridized carbons (Fsp3) is 0.125. The second-order valence-corrected chi connectivity index (χ2v) is 2.49. The fourth-order valence-electron chi connectivity index (χ4n) is 1.07. The van der Waals surface area contributed by atoms with Gasteiger partial charge in [-0.1, -0.05) is 0 Å². The molecule has 1 aliphatic rings. The normalized spacial score (nSPS) is 27.0. The lowest BCUT2D eigenvalue weighted by Crippen LogP contribution is -2.37. The molecule has 0 aromatic carbocycles. The number of hydrogen-bond donors (Lipinski definition) is 1. The number of aldehydes is 1. The largest absolute Gasteiger partial charge is 0.466 e. The van der Waals surface area contributed by atoms with E-state index in [9.17, 15) is 4.79 Å². The molecule has 62 valence electrons. The van der Waals surface area contributed by atoms with Gasteiger partial charge in [-0.3, -0.25) is 0 Å². The molecule has 0 fully saturated rings. The lowest BCUT2D eigenvalue weighted by atomic mass is 10.0. The van der Waals surface area contributed by atoms with Crippen LogP contribution in [0.5, 0.6) is 0 Å². The Bertz CT molecular complexity index is 304. The summed E-state index contributed by atoms with van der Waals surface area (Å²) in [5, 5.41) is 0. The molecule has 0 saturated carbocycles. The molecular weight excluding hydrogens is 158 g/mol. The van der Waals surface area contributed by atoms with Gasteiger partial charge in [0.2, 0.25) is 0 Å². The molecule has 0 amide bonds. The molecule has 1 aliphatic heterocycles. The predicted molar refractivity (Wildman–Crippen MR) is 39.8 cm³/mol. The molecule has 0 saturated heterocycles. The molecule has 0 bridgehead atoms. The highest BCUT2D eigenvalue weighted by Crippen LogP contribution is 2.24. The van der Waals surface area contributed by atoms with E-state index in [4.69, 9.17) is 9.25 Å². The van der Waals surface area contributed by atoms with Crippen molar-refractivity contribution in [3.63, 3.8) is 0 Å². The van der Waals surface area contributed by atoms with Crippen molar-refractivity contribution in [2.24, 2.45) is 0 Å². The van der Waals surface area contributed by atoms with Crippen molar-refractivity contribution in [3.8, 4) is 0 Å². The Labute approximate surface area is 68.8 Å². The number of hydroxylamine groups is 1. The van der Waals surface area contributed by atoms with Crippen LogP contribution in [0.15, 0.2) is 35.2 Å². The SMILES string of the molecule is O=CC1(c2ccco2)C=CON1. The predicted octanol–water partition coefficient (Wildman–Crippen LogP) is 0.722. The van der Waals surface area contributed by atoms with Crippen LogP contribution >= 0.6 is 0 Å². The highest BCUT2D eigenvalue weighted by Gasteiger charge is 2.35. The molecule has 2 rings (SSSR count). The fourth-order valence-corrected chi connectivity index (χ4v) is 1.07. The van der Waals surface area contributed by atoms with Crippen molar-refractivity contribution < 1.29 is 14.0 Å². The minimum absolute atomic E-state index is 0.520. The minimum atomic E-state index is -0.941. The van der Waals surface area contributed by atoms with Gasteiger partial charge in [-0.2, -0.15) is 0 Å². The maximum absolute atomic E-state index is 10.8. The first-order valence-corrected chi connectivity index (χ1v) is 3.48. The highest BCUT2D eigenvalue weighted by atomic mass is 16.6. The Hall–Kier alpha value is -1.55. The van der Waals surface area contributed by atoms with Crippen LogP contribution in [0.3, 0.4) is 0 Å². The number of furan rings is 1. The molecule has 0 spiro atoms. The summed E-state index contributed by atoms with van der Waals surface area (Å²) in [5.74, 6) is 0.520. The third-order valence-electron chi connectivity index (χ3n) is 1.74. The Kier molecular flexibility index (Phi) is 1.48. The van der Waals surface area contributed by atoms with E-state index >= 15 is 0 Å². The smallest absolute Gasteiger partial charge is 0.187 e. The summed E-state index contributed by atoms with van der Waals surface area (Å²) in [4.78, 5) is 15.5.